The van der Waals surface area contributed by atoms with E-state index in [0.29, 0.717) is 16.3 Å². The van der Waals surface area contributed by atoms with Gasteiger partial charge in [0.05, 0.1) is 17.6 Å². The third-order valence-electron chi connectivity index (χ3n) is 2.73. The zero-order chi connectivity index (χ0) is 18.1. The van der Waals surface area contributed by atoms with Crippen LogP contribution in [-0.2, 0) is 18.0 Å². The number of aromatic nitrogens is 4. The molecule has 0 aliphatic heterocycles. The fraction of sp³-hybridized carbons (Fsp3) is 0.273. The molecule has 24 heavy (non-hydrogen) atoms. The Kier molecular flexibility index (Phi) is 4.73. The van der Waals surface area contributed by atoms with E-state index in [-0.39, 0.29) is 15.7 Å². The summed E-state index contributed by atoms with van der Waals surface area (Å²) in [5, 5.41) is 17.0. The third kappa shape index (κ3) is 3.45. The Labute approximate surface area is 136 Å². The summed E-state index contributed by atoms with van der Waals surface area (Å²) >= 11 is 0.519. The lowest BCUT2D eigenvalue weighted by Gasteiger charge is -2.06. The molecule has 0 radical (unpaired) electrons. The Morgan fingerprint density at radius 3 is 2.58 bits per heavy atom. The Morgan fingerprint density at radius 2 is 2.08 bits per heavy atom. The lowest BCUT2D eigenvalue weighted by Crippen LogP contribution is -2.13. The molecule has 0 amide bonds. The number of rotatable bonds is 4. The maximum atomic E-state index is 12.7. The first-order valence-corrected chi connectivity index (χ1v) is 6.84. The van der Waals surface area contributed by atoms with E-state index in [9.17, 15) is 28.1 Å². The van der Waals surface area contributed by atoms with Crippen LogP contribution in [0.1, 0.15) is 16.2 Å². The van der Waals surface area contributed by atoms with Gasteiger partial charge in [-0.05, 0) is 11.8 Å². The molecule has 9 nitrogen and oxygen atoms in total. The molecule has 0 aromatic carbocycles. The molecule has 0 N–H and O–H groups in total. The molecule has 0 aliphatic rings. The van der Waals surface area contributed by atoms with Crippen LogP contribution in [0.4, 0.5) is 18.9 Å². The quantitative estimate of drug-likeness (QED) is 0.461. The first-order chi connectivity index (χ1) is 11.1. The van der Waals surface area contributed by atoms with Crippen molar-refractivity contribution in [3.8, 4) is 0 Å². The number of hydrogen-bond donors (Lipinski definition) is 0. The number of nitro groups is 1. The maximum absolute atomic E-state index is 12.7. The molecule has 13 heteroatoms. The Hall–Kier alpha value is -2.70. The highest BCUT2D eigenvalue weighted by Crippen LogP contribution is 2.35. The van der Waals surface area contributed by atoms with Crippen molar-refractivity contribution in [3.63, 3.8) is 0 Å². The van der Waals surface area contributed by atoms with Gasteiger partial charge in [0.25, 0.3) is 0 Å². The van der Waals surface area contributed by atoms with Crippen LogP contribution in [0, 0.1) is 10.1 Å². The van der Waals surface area contributed by atoms with E-state index in [1.165, 1.54) is 0 Å². The van der Waals surface area contributed by atoms with E-state index in [1.54, 1.807) is 0 Å². The number of alkyl halides is 3. The number of nitrogens with zero attached hydrogens (tertiary/aromatic N) is 5. The number of esters is 1. The van der Waals surface area contributed by atoms with Gasteiger partial charge in [-0.2, -0.15) is 13.2 Å². The van der Waals surface area contributed by atoms with Crippen molar-refractivity contribution in [2.24, 2.45) is 7.05 Å². The van der Waals surface area contributed by atoms with Gasteiger partial charge in [-0.25, -0.2) is 9.78 Å². The van der Waals surface area contributed by atoms with Crippen LogP contribution in [0.2, 0.25) is 0 Å². The summed E-state index contributed by atoms with van der Waals surface area (Å²) in [6, 6.07) is 0.919. The van der Waals surface area contributed by atoms with Gasteiger partial charge >= 0.3 is 17.8 Å². The fourth-order valence-electron chi connectivity index (χ4n) is 1.62. The standard InChI is InChI=1S/C11H8F3N5O4S/c1-18-9(11(12,13)14)16-17-10(18)24-7-6(19(21)22)3-5(4-15-7)8(20)23-2/h3-4H,1-2H3. The highest BCUT2D eigenvalue weighted by molar-refractivity contribution is 7.99. The van der Waals surface area contributed by atoms with E-state index in [2.05, 4.69) is 19.9 Å². The number of halogens is 3. The van der Waals surface area contributed by atoms with Crippen LogP contribution in [0.25, 0.3) is 0 Å². The molecule has 0 unspecified atom stereocenters. The van der Waals surface area contributed by atoms with Gasteiger partial charge in [-0.15, -0.1) is 10.2 Å². The van der Waals surface area contributed by atoms with Crippen LogP contribution in [0.3, 0.4) is 0 Å². The fourth-order valence-corrected chi connectivity index (χ4v) is 2.44. The topological polar surface area (TPSA) is 113 Å². The molecular weight excluding hydrogens is 355 g/mol. The Bertz CT molecular complexity index is 807. The smallest absolute Gasteiger partial charge is 0.451 e. The molecule has 0 spiro atoms. The number of carbonyl (C=O) groups is 1. The van der Waals surface area contributed by atoms with Crippen molar-refractivity contribution in [3.05, 3.63) is 33.8 Å². The summed E-state index contributed by atoms with van der Waals surface area (Å²) in [7, 11) is 2.16. The van der Waals surface area contributed by atoms with Gasteiger partial charge < -0.3 is 9.30 Å². The van der Waals surface area contributed by atoms with Crippen LogP contribution >= 0.6 is 11.8 Å². The van der Waals surface area contributed by atoms with E-state index in [0.717, 1.165) is 26.4 Å². The van der Waals surface area contributed by atoms with Gasteiger partial charge in [0, 0.05) is 19.3 Å². The first kappa shape index (κ1) is 17.7. The zero-order valence-corrected chi connectivity index (χ0v) is 12.9. The SMILES string of the molecule is COC(=O)c1cnc(Sc2nnc(C(F)(F)F)n2C)c([N+](=O)[O-])c1. The minimum atomic E-state index is -4.71. The molecule has 0 aliphatic carbocycles. The molecule has 0 atom stereocenters. The molecule has 2 rings (SSSR count). The van der Waals surface area contributed by atoms with Gasteiger partial charge in [-0.3, -0.25) is 10.1 Å². The van der Waals surface area contributed by atoms with Crippen molar-refractivity contribution >= 4 is 23.4 Å². The van der Waals surface area contributed by atoms with Gasteiger partial charge in [-0.1, -0.05) is 0 Å². The van der Waals surface area contributed by atoms with E-state index in [4.69, 9.17) is 0 Å². The largest absolute Gasteiger partial charge is 0.465 e. The molecule has 2 aromatic rings. The number of ether oxygens (including phenoxy) is 1. The van der Waals surface area contributed by atoms with Gasteiger partial charge in [0.15, 0.2) is 10.2 Å². The Morgan fingerprint density at radius 1 is 1.42 bits per heavy atom. The predicted molar refractivity (Wildman–Crippen MR) is 72.4 cm³/mol. The lowest BCUT2D eigenvalue weighted by atomic mass is 10.3. The summed E-state index contributed by atoms with van der Waals surface area (Å²) in [6.07, 6.45) is -3.70. The van der Waals surface area contributed by atoms with Crippen molar-refractivity contribution in [1.29, 1.82) is 0 Å². The second kappa shape index (κ2) is 6.43. The number of methoxy groups -OCH3 is 1. The number of hydrogen-bond acceptors (Lipinski definition) is 8. The minimum absolute atomic E-state index is 0.164. The maximum Gasteiger partial charge on any atom is 0.451 e. The lowest BCUT2D eigenvalue weighted by molar-refractivity contribution is -0.388. The van der Waals surface area contributed by atoms with Crippen LogP contribution < -0.4 is 0 Å². The predicted octanol–water partition coefficient (Wildman–Crippen LogP) is 2.07. The van der Waals surface area contributed by atoms with Crippen molar-refractivity contribution in [2.45, 2.75) is 16.4 Å². The highest BCUT2D eigenvalue weighted by Gasteiger charge is 2.38. The molecule has 0 saturated heterocycles. The monoisotopic (exact) mass is 363 g/mol. The number of carbonyl (C=O) groups excluding carboxylic acids is 1. The zero-order valence-electron chi connectivity index (χ0n) is 12.1. The summed E-state index contributed by atoms with van der Waals surface area (Å²) in [5.74, 6) is -2.08. The Balaban J connectivity index is 2.42. The van der Waals surface area contributed by atoms with Gasteiger partial charge in [0.2, 0.25) is 5.82 Å². The van der Waals surface area contributed by atoms with Crippen molar-refractivity contribution in [1.82, 2.24) is 19.7 Å². The third-order valence-corrected chi connectivity index (χ3v) is 3.77. The van der Waals surface area contributed by atoms with Crippen LogP contribution in [0.5, 0.6) is 0 Å². The van der Waals surface area contributed by atoms with Gasteiger partial charge in [0.1, 0.15) is 0 Å². The first-order valence-electron chi connectivity index (χ1n) is 6.02. The van der Waals surface area contributed by atoms with E-state index in [1.807, 2.05) is 0 Å². The summed E-state index contributed by atoms with van der Waals surface area (Å²) in [6.45, 7) is 0. The summed E-state index contributed by atoms with van der Waals surface area (Å²) < 4.78 is 43.1. The molecule has 2 heterocycles. The number of pyridine rings is 1. The van der Waals surface area contributed by atoms with Crippen LogP contribution in [-0.4, -0.2) is 37.8 Å². The molecule has 0 bridgehead atoms. The van der Waals surface area contributed by atoms with Crippen molar-refractivity contribution < 1.29 is 27.6 Å². The summed E-state index contributed by atoms with van der Waals surface area (Å²) in [5.41, 5.74) is -0.734. The normalized spacial score (nSPS) is 11.4. The van der Waals surface area contributed by atoms with E-state index < -0.39 is 28.6 Å². The molecule has 0 saturated carbocycles. The molecular formula is C11H8F3N5O4S. The molecule has 2 aromatic heterocycles. The second-order valence-corrected chi connectivity index (χ2v) is 5.22. The average molecular weight is 363 g/mol. The van der Waals surface area contributed by atoms with Crippen LogP contribution in [0.15, 0.2) is 22.4 Å². The highest BCUT2D eigenvalue weighted by atomic mass is 32.2. The average Bonchev–Trinajstić information content (AvgIpc) is 2.87. The minimum Gasteiger partial charge on any atom is -0.465 e. The second-order valence-electron chi connectivity index (χ2n) is 4.26. The van der Waals surface area contributed by atoms with E-state index >= 15 is 0 Å². The summed E-state index contributed by atoms with van der Waals surface area (Å²) in [4.78, 5) is 25.4. The van der Waals surface area contributed by atoms with Crippen molar-refractivity contribution in [2.75, 3.05) is 7.11 Å². The molecule has 128 valence electrons. The molecule has 0 fully saturated rings.